The van der Waals surface area contributed by atoms with Crippen LogP contribution in [0.5, 0.6) is 0 Å². The second-order valence-electron chi connectivity index (χ2n) is 5.09. The van der Waals surface area contributed by atoms with Crippen LogP contribution in [0.15, 0.2) is 0 Å². The van der Waals surface area contributed by atoms with Gasteiger partial charge in [-0.2, -0.15) is 0 Å². The number of carboxylic acid groups (broad SMARTS) is 1. The van der Waals surface area contributed by atoms with Gasteiger partial charge in [0.1, 0.15) is 0 Å². The Hall–Kier alpha value is -0.770. The number of rotatable bonds is 0. The molecule has 3 N–H and O–H groups in total. The molecule has 1 amide bonds. The molecule has 2 unspecified atom stereocenters. The maximum Gasteiger partial charge on any atom is 0.407 e. The van der Waals surface area contributed by atoms with Gasteiger partial charge in [-0.15, -0.1) is 0 Å². The quantitative estimate of drug-likeness (QED) is 0.622. The molecular weight excluding hydrogens is 180 g/mol. The van der Waals surface area contributed by atoms with Gasteiger partial charge in [-0.1, -0.05) is 20.8 Å². The lowest BCUT2D eigenvalue weighted by Crippen LogP contribution is -2.59. The lowest BCUT2D eigenvalue weighted by Gasteiger charge is -2.45. The number of likely N-dealkylation sites (tertiary alicyclic amines) is 1. The smallest absolute Gasteiger partial charge is 0.407 e. The summed E-state index contributed by atoms with van der Waals surface area (Å²) in [5, 5.41) is 9.06. The lowest BCUT2D eigenvalue weighted by molar-refractivity contribution is 0.0474. The largest absolute Gasteiger partial charge is 0.465 e. The van der Waals surface area contributed by atoms with Gasteiger partial charge in [-0.3, -0.25) is 0 Å². The molecule has 1 aliphatic heterocycles. The highest BCUT2D eigenvalue weighted by molar-refractivity contribution is 5.65. The van der Waals surface area contributed by atoms with E-state index < -0.39 is 6.09 Å². The summed E-state index contributed by atoms with van der Waals surface area (Å²) in [6, 6.07) is -0.0893. The first kappa shape index (κ1) is 11.3. The average Bonchev–Trinajstić information content (AvgIpc) is 2.01. The van der Waals surface area contributed by atoms with Crippen LogP contribution in [-0.2, 0) is 0 Å². The molecule has 0 bridgehead atoms. The van der Waals surface area contributed by atoms with Crippen molar-refractivity contribution in [1.29, 1.82) is 0 Å². The van der Waals surface area contributed by atoms with Gasteiger partial charge in [-0.25, -0.2) is 4.79 Å². The van der Waals surface area contributed by atoms with Crippen LogP contribution in [0.1, 0.15) is 33.6 Å². The maximum atomic E-state index is 11.0. The van der Waals surface area contributed by atoms with E-state index in [9.17, 15) is 4.79 Å². The molecule has 1 heterocycles. The van der Waals surface area contributed by atoms with E-state index >= 15 is 0 Å². The Morgan fingerprint density at radius 2 is 2.07 bits per heavy atom. The van der Waals surface area contributed by atoms with Gasteiger partial charge in [0.15, 0.2) is 0 Å². The molecule has 0 aromatic carbocycles. The van der Waals surface area contributed by atoms with Crippen molar-refractivity contribution in [2.75, 3.05) is 6.54 Å². The molecule has 1 aliphatic rings. The molecule has 82 valence electrons. The predicted octanol–water partition coefficient (Wildman–Crippen LogP) is 1.50. The van der Waals surface area contributed by atoms with Gasteiger partial charge >= 0.3 is 6.09 Å². The summed E-state index contributed by atoms with van der Waals surface area (Å²) in [4.78, 5) is 12.5. The second kappa shape index (κ2) is 3.77. The number of hydrogen-bond donors (Lipinski definition) is 2. The topological polar surface area (TPSA) is 66.6 Å². The van der Waals surface area contributed by atoms with Crippen LogP contribution < -0.4 is 5.73 Å². The van der Waals surface area contributed by atoms with E-state index in [1.807, 2.05) is 20.8 Å². The van der Waals surface area contributed by atoms with Crippen molar-refractivity contribution in [1.82, 2.24) is 4.90 Å². The summed E-state index contributed by atoms with van der Waals surface area (Å²) in [6.07, 6.45) is 0.950. The third-order valence-corrected chi connectivity index (χ3v) is 2.81. The van der Waals surface area contributed by atoms with Crippen molar-refractivity contribution in [2.24, 2.45) is 11.1 Å². The van der Waals surface area contributed by atoms with Crippen molar-refractivity contribution in [2.45, 2.75) is 45.7 Å². The molecule has 4 nitrogen and oxygen atoms in total. The fourth-order valence-electron chi connectivity index (χ4n) is 2.35. The van der Waals surface area contributed by atoms with Gasteiger partial charge in [0, 0.05) is 12.6 Å². The van der Waals surface area contributed by atoms with Gasteiger partial charge in [-0.05, 0) is 18.3 Å². The summed E-state index contributed by atoms with van der Waals surface area (Å²) < 4.78 is 0. The zero-order chi connectivity index (χ0) is 10.9. The van der Waals surface area contributed by atoms with E-state index in [0.29, 0.717) is 6.54 Å². The molecular formula is C10H20N2O2. The van der Waals surface area contributed by atoms with Crippen molar-refractivity contribution in [3.63, 3.8) is 0 Å². The fraction of sp³-hybridized carbons (Fsp3) is 0.900. The Labute approximate surface area is 85.1 Å². The van der Waals surface area contributed by atoms with E-state index in [4.69, 9.17) is 10.8 Å². The highest BCUT2D eigenvalue weighted by Crippen LogP contribution is 2.31. The van der Waals surface area contributed by atoms with Crippen LogP contribution in [0.3, 0.4) is 0 Å². The average molecular weight is 200 g/mol. The minimum Gasteiger partial charge on any atom is -0.465 e. The Morgan fingerprint density at radius 3 is 2.43 bits per heavy atom. The molecule has 1 saturated heterocycles. The third kappa shape index (κ3) is 2.18. The first-order chi connectivity index (χ1) is 6.34. The minimum absolute atomic E-state index is 0.0279. The molecule has 1 fully saturated rings. The summed E-state index contributed by atoms with van der Waals surface area (Å²) >= 11 is 0. The summed E-state index contributed by atoms with van der Waals surface area (Å²) in [5.74, 6) is 0. The first-order valence-electron chi connectivity index (χ1n) is 5.09. The monoisotopic (exact) mass is 200 g/mol. The molecule has 0 aliphatic carbocycles. The zero-order valence-corrected chi connectivity index (χ0v) is 9.16. The summed E-state index contributed by atoms with van der Waals surface area (Å²) in [6.45, 7) is 6.74. The van der Waals surface area contributed by atoms with Crippen LogP contribution in [0.4, 0.5) is 4.79 Å². The van der Waals surface area contributed by atoms with Gasteiger partial charge in [0.25, 0.3) is 0 Å². The van der Waals surface area contributed by atoms with Crippen molar-refractivity contribution >= 4 is 6.09 Å². The molecule has 0 saturated carbocycles. The number of carbonyl (C=O) groups is 1. The number of nitrogens with two attached hydrogens (primary N) is 1. The van der Waals surface area contributed by atoms with Crippen LogP contribution in [0.2, 0.25) is 0 Å². The van der Waals surface area contributed by atoms with E-state index in [1.54, 1.807) is 0 Å². The molecule has 0 radical (unpaired) electrons. The third-order valence-electron chi connectivity index (χ3n) is 2.81. The standard InChI is InChI=1S/C10H20N2O2/c1-10(2,3)8-7(11)5-4-6-12(8)9(13)14/h7-8H,4-6,11H2,1-3H3,(H,13,14). The normalized spacial score (nSPS) is 29.0. The Morgan fingerprint density at radius 1 is 1.50 bits per heavy atom. The molecule has 0 spiro atoms. The highest BCUT2D eigenvalue weighted by atomic mass is 16.4. The maximum absolute atomic E-state index is 11.0. The van der Waals surface area contributed by atoms with Gasteiger partial charge < -0.3 is 15.7 Å². The molecule has 0 aromatic heterocycles. The molecule has 1 rings (SSSR count). The van der Waals surface area contributed by atoms with Gasteiger partial charge in [0.05, 0.1) is 6.04 Å². The Bertz CT molecular complexity index is 223. The van der Waals surface area contributed by atoms with Crippen molar-refractivity contribution < 1.29 is 9.90 Å². The Balaban J connectivity index is 2.87. The van der Waals surface area contributed by atoms with Crippen LogP contribution in [0, 0.1) is 5.41 Å². The minimum atomic E-state index is -0.847. The number of nitrogens with zero attached hydrogens (tertiary/aromatic N) is 1. The van der Waals surface area contributed by atoms with Gasteiger partial charge in [0.2, 0.25) is 0 Å². The van der Waals surface area contributed by atoms with Crippen LogP contribution in [0.25, 0.3) is 0 Å². The second-order valence-corrected chi connectivity index (χ2v) is 5.09. The van der Waals surface area contributed by atoms with Crippen molar-refractivity contribution in [3.8, 4) is 0 Å². The highest BCUT2D eigenvalue weighted by Gasteiger charge is 2.39. The van der Waals surface area contributed by atoms with E-state index in [1.165, 1.54) is 4.90 Å². The van der Waals surface area contributed by atoms with Crippen LogP contribution in [-0.4, -0.2) is 34.7 Å². The number of hydrogen-bond acceptors (Lipinski definition) is 2. The summed E-state index contributed by atoms with van der Waals surface area (Å²) in [5.41, 5.74) is 5.90. The Kier molecular flexibility index (Phi) is 3.04. The summed E-state index contributed by atoms with van der Waals surface area (Å²) in [7, 11) is 0. The van der Waals surface area contributed by atoms with E-state index in [0.717, 1.165) is 12.8 Å². The molecule has 2 atom stereocenters. The number of amides is 1. The first-order valence-corrected chi connectivity index (χ1v) is 5.09. The van der Waals surface area contributed by atoms with E-state index in [2.05, 4.69) is 0 Å². The van der Waals surface area contributed by atoms with E-state index in [-0.39, 0.29) is 17.5 Å². The lowest BCUT2D eigenvalue weighted by atomic mass is 9.78. The fourth-order valence-corrected chi connectivity index (χ4v) is 2.35. The molecule has 0 aromatic rings. The molecule has 14 heavy (non-hydrogen) atoms. The predicted molar refractivity (Wildman–Crippen MR) is 55.2 cm³/mol. The molecule has 4 heteroatoms. The number of piperidine rings is 1. The SMILES string of the molecule is CC(C)(C)C1C(N)CCCN1C(=O)O. The zero-order valence-electron chi connectivity index (χ0n) is 9.16. The van der Waals surface area contributed by atoms with Crippen LogP contribution >= 0.6 is 0 Å². The van der Waals surface area contributed by atoms with Crippen molar-refractivity contribution in [3.05, 3.63) is 0 Å².